The van der Waals surface area contributed by atoms with E-state index >= 15 is 0 Å². The van der Waals surface area contributed by atoms with Crippen molar-refractivity contribution in [2.45, 2.75) is 146 Å². The fourth-order valence-electron chi connectivity index (χ4n) is 9.12. The van der Waals surface area contributed by atoms with Gasteiger partial charge in [-0.05, 0) is 48.6 Å². The molecule has 0 unspecified atom stereocenters. The van der Waals surface area contributed by atoms with Crippen LogP contribution in [0.3, 0.4) is 0 Å². The Morgan fingerprint density at radius 1 is 0.338 bits per heavy atom. The second kappa shape index (κ2) is 24.9. The molecule has 0 amide bonds. The van der Waals surface area contributed by atoms with E-state index in [1.807, 2.05) is 172 Å². The largest absolute Gasteiger partial charge is 0.385 e. The van der Waals surface area contributed by atoms with Crippen LogP contribution in [0.5, 0.6) is 0 Å². The molecule has 15 atom stereocenters. The van der Waals surface area contributed by atoms with Crippen molar-refractivity contribution in [1.29, 1.82) is 0 Å². The zero-order valence-corrected chi connectivity index (χ0v) is 39.5. The van der Waals surface area contributed by atoms with Crippen LogP contribution in [-0.4, -0.2) is 111 Å². The van der Waals surface area contributed by atoms with Crippen LogP contribution in [0, 0.1) is 0 Å². The molecular weight excluding hydrogens is 869 g/mol. The minimum absolute atomic E-state index is 0.222. The number of aliphatic hydroxyl groups excluding tert-OH is 1. The quantitative estimate of drug-likeness (QED) is 0.0765. The summed E-state index contributed by atoms with van der Waals surface area (Å²) in [4.78, 5) is 0. The summed E-state index contributed by atoms with van der Waals surface area (Å²) >= 11 is 0. The van der Waals surface area contributed by atoms with E-state index in [0.29, 0.717) is 6.61 Å². The van der Waals surface area contributed by atoms with Crippen molar-refractivity contribution in [2.75, 3.05) is 14.2 Å². The molecule has 0 saturated carbocycles. The van der Waals surface area contributed by atoms with E-state index in [9.17, 15) is 5.11 Å². The predicted molar refractivity (Wildman–Crippen MR) is 252 cm³/mol. The number of hydrogen-bond donors (Lipinski definition) is 1. The molecule has 0 aliphatic carbocycles. The zero-order valence-electron chi connectivity index (χ0n) is 39.5. The topological polar surface area (TPSA) is 131 Å². The van der Waals surface area contributed by atoms with E-state index in [1.54, 1.807) is 7.11 Å². The van der Waals surface area contributed by atoms with Gasteiger partial charge in [-0.2, -0.15) is 0 Å². The molecule has 5 aromatic rings. The Bertz CT molecular complexity index is 2170. The number of rotatable bonds is 21. The first-order valence-corrected chi connectivity index (χ1v) is 23.6. The van der Waals surface area contributed by atoms with E-state index in [1.165, 1.54) is 7.11 Å². The lowest BCUT2D eigenvalue weighted by atomic mass is 9.96. The van der Waals surface area contributed by atoms with Crippen molar-refractivity contribution in [2.24, 2.45) is 0 Å². The minimum atomic E-state index is -1.28. The second-order valence-corrected chi connectivity index (χ2v) is 17.6. The average Bonchev–Trinajstić information content (AvgIpc) is 3.37. The smallest absolute Gasteiger partial charge is 0.187 e. The van der Waals surface area contributed by atoms with Gasteiger partial charge in [-0.15, -0.1) is 0 Å². The highest BCUT2D eigenvalue weighted by Crippen LogP contribution is 2.38. The molecule has 3 heterocycles. The number of benzene rings is 5. The molecule has 13 heteroatoms. The maximum absolute atomic E-state index is 11.9. The minimum Gasteiger partial charge on any atom is -0.385 e. The Morgan fingerprint density at radius 2 is 0.632 bits per heavy atom. The molecule has 0 radical (unpaired) electrons. The highest BCUT2D eigenvalue weighted by molar-refractivity contribution is 5.17. The summed E-state index contributed by atoms with van der Waals surface area (Å²) in [6.07, 6.45) is -12.6. The van der Waals surface area contributed by atoms with Gasteiger partial charge in [0.2, 0.25) is 0 Å². The molecule has 5 aromatic carbocycles. The summed E-state index contributed by atoms with van der Waals surface area (Å²) in [6, 6.07) is 49.6. The van der Waals surface area contributed by atoms with Gasteiger partial charge in [-0.3, -0.25) is 0 Å². The van der Waals surface area contributed by atoms with Crippen molar-refractivity contribution in [3.63, 3.8) is 0 Å². The third kappa shape index (κ3) is 12.9. The van der Waals surface area contributed by atoms with Crippen molar-refractivity contribution in [3.8, 4) is 0 Å². The van der Waals surface area contributed by atoms with Gasteiger partial charge < -0.3 is 61.9 Å². The summed E-state index contributed by atoms with van der Waals surface area (Å²) in [5.41, 5.74) is 4.86. The highest BCUT2D eigenvalue weighted by atomic mass is 16.8. The second-order valence-electron chi connectivity index (χ2n) is 17.6. The molecule has 0 aromatic heterocycles. The van der Waals surface area contributed by atoms with Crippen LogP contribution in [0.25, 0.3) is 0 Å². The Morgan fingerprint density at radius 3 is 1.00 bits per heavy atom. The van der Waals surface area contributed by atoms with Gasteiger partial charge in [-0.25, -0.2) is 0 Å². The molecule has 3 aliphatic heterocycles. The molecule has 3 fully saturated rings. The highest BCUT2D eigenvalue weighted by Gasteiger charge is 2.55. The lowest BCUT2D eigenvalue weighted by molar-refractivity contribution is -0.393. The lowest BCUT2D eigenvalue weighted by Crippen LogP contribution is -2.67. The van der Waals surface area contributed by atoms with Gasteiger partial charge in [0.05, 0.1) is 51.3 Å². The van der Waals surface area contributed by atoms with E-state index in [0.717, 1.165) is 27.8 Å². The molecule has 3 aliphatic rings. The summed E-state index contributed by atoms with van der Waals surface area (Å²) < 4.78 is 79.8. The summed E-state index contributed by atoms with van der Waals surface area (Å²) in [5, 5.41) is 11.9. The number of hydrogen-bond acceptors (Lipinski definition) is 13. The van der Waals surface area contributed by atoms with Gasteiger partial charge in [0.15, 0.2) is 18.9 Å². The van der Waals surface area contributed by atoms with Crippen LogP contribution in [0.15, 0.2) is 152 Å². The Balaban J connectivity index is 1.14. The van der Waals surface area contributed by atoms with Gasteiger partial charge in [0.1, 0.15) is 54.9 Å². The van der Waals surface area contributed by atoms with E-state index in [-0.39, 0.29) is 26.4 Å². The molecule has 1 N–H and O–H groups in total. The van der Waals surface area contributed by atoms with Gasteiger partial charge in [-0.1, -0.05) is 152 Å². The number of aliphatic hydroxyl groups is 1. The summed E-state index contributed by atoms with van der Waals surface area (Å²) in [7, 11) is 3.09. The molecular formula is C55H66O13. The average molecular weight is 935 g/mol. The molecule has 364 valence electrons. The molecule has 68 heavy (non-hydrogen) atoms. The van der Waals surface area contributed by atoms with Gasteiger partial charge in [0.25, 0.3) is 0 Å². The van der Waals surface area contributed by atoms with Crippen LogP contribution in [-0.2, 0) is 89.9 Å². The Kier molecular flexibility index (Phi) is 18.3. The van der Waals surface area contributed by atoms with Crippen molar-refractivity contribution in [1.82, 2.24) is 0 Å². The predicted octanol–water partition coefficient (Wildman–Crippen LogP) is 7.94. The van der Waals surface area contributed by atoms with E-state index < -0.39 is 92.1 Å². The van der Waals surface area contributed by atoms with Crippen molar-refractivity contribution >= 4 is 0 Å². The molecule has 0 spiro atoms. The fraction of sp³-hybridized carbons (Fsp3) is 0.455. The molecule has 0 bridgehead atoms. The summed E-state index contributed by atoms with van der Waals surface area (Å²) in [5.74, 6) is 0. The summed E-state index contributed by atoms with van der Waals surface area (Å²) in [6.45, 7) is 7.07. The third-order valence-electron chi connectivity index (χ3n) is 12.7. The van der Waals surface area contributed by atoms with Crippen LogP contribution in [0.1, 0.15) is 48.6 Å². The normalized spacial score (nSPS) is 31.9. The maximum atomic E-state index is 11.9. The van der Waals surface area contributed by atoms with Crippen LogP contribution < -0.4 is 0 Å². The Hall–Kier alpha value is -4.42. The lowest BCUT2D eigenvalue weighted by Gasteiger charge is -2.51. The number of ether oxygens (including phenoxy) is 12. The van der Waals surface area contributed by atoms with E-state index in [4.69, 9.17) is 56.8 Å². The molecule has 13 nitrogen and oxygen atoms in total. The van der Waals surface area contributed by atoms with Crippen LogP contribution >= 0.6 is 0 Å². The molecule has 8 rings (SSSR count). The van der Waals surface area contributed by atoms with E-state index in [2.05, 4.69) is 0 Å². The Labute approximate surface area is 400 Å². The zero-order chi connectivity index (χ0) is 47.2. The maximum Gasteiger partial charge on any atom is 0.187 e. The first-order chi connectivity index (χ1) is 33.3. The fourth-order valence-corrected chi connectivity index (χ4v) is 9.12. The van der Waals surface area contributed by atoms with Crippen LogP contribution in [0.4, 0.5) is 0 Å². The van der Waals surface area contributed by atoms with Crippen LogP contribution in [0.2, 0.25) is 0 Å². The SMILES string of the molecule is CO[C@@H]1O[C@@H](C)[C@H](OCc2ccccc2)[C@@H](O[C@@H]2O[C@@H](C)[C@H](OCc3ccccc3)[C@@H](OC)[C@H]2O[C@@H]2O[C@@H](C)[C@H](OCc3ccccc3)[C@@H](OCc3ccccc3)[C@H]2OCc2ccccc2)[C@H]1O. The monoisotopic (exact) mass is 934 g/mol. The third-order valence-corrected chi connectivity index (χ3v) is 12.7. The van der Waals surface area contributed by atoms with Gasteiger partial charge in [0, 0.05) is 14.2 Å². The van der Waals surface area contributed by atoms with Crippen molar-refractivity contribution in [3.05, 3.63) is 179 Å². The van der Waals surface area contributed by atoms with Crippen molar-refractivity contribution < 1.29 is 61.9 Å². The molecule has 3 saturated heterocycles. The standard InChI is InChI=1S/C55H66O13/c1-36-45(59-31-39-21-11-6-12-22-39)48(44(56)53(58-5)64-36)67-55-52(49(57-4)46(37(2)66-55)60-32-40-23-13-7-14-24-40)68-54-51(63-35-43-29-19-10-20-30-43)50(62-34-42-27-17-9-18-28-42)47(38(3)65-54)61-33-41-25-15-8-16-26-41/h6-30,36-38,44-56H,31-35H2,1-5H3/t36-,37-,38-,44+,45-,46-,47-,48-,49+,50+,51+,52+,53+,54-,55-/m0/s1. The first-order valence-electron chi connectivity index (χ1n) is 23.6. The van der Waals surface area contributed by atoms with Gasteiger partial charge >= 0.3 is 0 Å². The first kappa shape index (κ1) is 50.0. The number of methoxy groups -OCH3 is 2.